The summed E-state index contributed by atoms with van der Waals surface area (Å²) < 4.78 is 14.6. The van der Waals surface area contributed by atoms with Gasteiger partial charge in [0.1, 0.15) is 5.82 Å². The summed E-state index contributed by atoms with van der Waals surface area (Å²) in [5.74, 6) is -0.445. The molecule has 20 heavy (non-hydrogen) atoms. The van der Waals surface area contributed by atoms with Gasteiger partial charge in [0.25, 0.3) is 5.91 Å². The molecule has 2 aromatic rings. The highest BCUT2D eigenvalue weighted by molar-refractivity contribution is 14.1. The Morgan fingerprint density at radius 1 is 1.25 bits per heavy atom. The summed E-state index contributed by atoms with van der Waals surface area (Å²) in [7, 11) is 0. The molecule has 0 saturated carbocycles. The van der Waals surface area contributed by atoms with Crippen LogP contribution in [0.3, 0.4) is 0 Å². The van der Waals surface area contributed by atoms with E-state index < -0.39 is 0 Å². The first-order valence-corrected chi connectivity index (χ1v) is 7.86. The molecule has 1 atom stereocenters. The van der Waals surface area contributed by atoms with Gasteiger partial charge in [-0.05, 0) is 81.3 Å². The van der Waals surface area contributed by atoms with Crippen molar-refractivity contribution in [2.45, 2.75) is 13.0 Å². The molecular formula is C15H12BrFINO. The number of hydrogen-bond acceptors (Lipinski definition) is 1. The third kappa shape index (κ3) is 3.79. The maximum absolute atomic E-state index is 12.9. The molecule has 1 amide bonds. The minimum absolute atomic E-state index is 0.160. The quantitative estimate of drug-likeness (QED) is 0.680. The number of hydrogen-bond donors (Lipinski definition) is 1. The van der Waals surface area contributed by atoms with Gasteiger partial charge in [0, 0.05) is 8.04 Å². The second kappa shape index (κ2) is 6.67. The molecule has 5 heteroatoms. The first-order valence-electron chi connectivity index (χ1n) is 5.99. The number of nitrogens with one attached hydrogen (secondary N) is 1. The van der Waals surface area contributed by atoms with Crippen molar-refractivity contribution in [3.8, 4) is 0 Å². The van der Waals surface area contributed by atoms with Crippen molar-refractivity contribution >= 4 is 44.4 Å². The van der Waals surface area contributed by atoms with Gasteiger partial charge in [-0.15, -0.1) is 0 Å². The smallest absolute Gasteiger partial charge is 0.252 e. The standard InChI is InChI=1S/C15H12BrFINO/c1-9(10-2-4-11(17)5-3-10)19-15(20)13-8-12(18)6-7-14(13)16/h2-9H,1H3,(H,19,20). The van der Waals surface area contributed by atoms with Crippen molar-refractivity contribution < 1.29 is 9.18 Å². The van der Waals surface area contributed by atoms with Gasteiger partial charge >= 0.3 is 0 Å². The monoisotopic (exact) mass is 447 g/mol. The zero-order chi connectivity index (χ0) is 14.7. The number of carbonyl (C=O) groups is 1. The molecular weight excluding hydrogens is 436 g/mol. The first-order chi connectivity index (χ1) is 9.47. The van der Waals surface area contributed by atoms with Crippen LogP contribution in [0.15, 0.2) is 46.9 Å². The van der Waals surface area contributed by atoms with Crippen molar-refractivity contribution in [1.82, 2.24) is 5.32 Å². The summed E-state index contributed by atoms with van der Waals surface area (Å²) >= 11 is 5.53. The van der Waals surface area contributed by atoms with Crippen LogP contribution in [0.2, 0.25) is 0 Å². The highest BCUT2D eigenvalue weighted by Gasteiger charge is 2.14. The van der Waals surface area contributed by atoms with Gasteiger partial charge in [-0.2, -0.15) is 0 Å². The SMILES string of the molecule is CC(NC(=O)c1cc(I)ccc1Br)c1ccc(F)cc1. The largest absolute Gasteiger partial charge is 0.345 e. The third-order valence-corrected chi connectivity index (χ3v) is 4.25. The lowest BCUT2D eigenvalue weighted by molar-refractivity contribution is 0.0939. The molecule has 2 aromatic carbocycles. The Morgan fingerprint density at radius 2 is 1.90 bits per heavy atom. The Kier molecular flexibility index (Phi) is 5.15. The lowest BCUT2D eigenvalue weighted by Gasteiger charge is -2.15. The summed E-state index contributed by atoms with van der Waals surface area (Å²) in [6, 6.07) is 11.5. The van der Waals surface area contributed by atoms with Gasteiger partial charge in [-0.3, -0.25) is 4.79 Å². The van der Waals surface area contributed by atoms with Gasteiger partial charge in [-0.25, -0.2) is 4.39 Å². The molecule has 0 fully saturated rings. The topological polar surface area (TPSA) is 29.1 Å². The van der Waals surface area contributed by atoms with Crippen LogP contribution in [0.1, 0.15) is 28.9 Å². The Labute approximate surface area is 139 Å². The highest BCUT2D eigenvalue weighted by Crippen LogP contribution is 2.21. The number of benzene rings is 2. The molecule has 0 aliphatic carbocycles. The molecule has 0 aromatic heterocycles. The van der Waals surface area contributed by atoms with E-state index >= 15 is 0 Å². The fourth-order valence-corrected chi connectivity index (χ4v) is 2.70. The van der Waals surface area contributed by atoms with Crippen molar-refractivity contribution in [1.29, 1.82) is 0 Å². The van der Waals surface area contributed by atoms with E-state index in [2.05, 4.69) is 43.8 Å². The van der Waals surface area contributed by atoms with Crippen molar-refractivity contribution in [2.75, 3.05) is 0 Å². The molecule has 0 aliphatic rings. The normalized spacial score (nSPS) is 12.0. The minimum atomic E-state index is -0.285. The molecule has 104 valence electrons. The van der Waals surface area contributed by atoms with Gasteiger partial charge in [-0.1, -0.05) is 12.1 Å². The average molecular weight is 448 g/mol. The average Bonchev–Trinajstić information content (AvgIpc) is 2.42. The minimum Gasteiger partial charge on any atom is -0.345 e. The number of amides is 1. The molecule has 1 unspecified atom stereocenters. The van der Waals surface area contributed by atoms with Crippen LogP contribution in [-0.4, -0.2) is 5.91 Å². The van der Waals surface area contributed by atoms with E-state index in [0.29, 0.717) is 5.56 Å². The van der Waals surface area contributed by atoms with Crippen LogP contribution in [0.4, 0.5) is 4.39 Å². The molecule has 0 radical (unpaired) electrons. The van der Waals surface area contributed by atoms with Crippen LogP contribution in [-0.2, 0) is 0 Å². The molecule has 0 heterocycles. The van der Waals surface area contributed by atoms with E-state index in [1.54, 1.807) is 12.1 Å². The highest BCUT2D eigenvalue weighted by atomic mass is 127. The second-order valence-electron chi connectivity index (χ2n) is 4.37. The maximum Gasteiger partial charge on any atom is 0.252 e. The Bertz CT molecular complexity index is 630. The lowest BCUT2D eigenvalue weighted by atomic mass is 10.1. The number of halogens is 3. The van der Waals surface area contributed by atoms with Crippen molar-refractivity contribution in [3.63, 3.8) is 0 Å². The lowest BCUT2D eigenvalue weighted by Crippen LogP contribution is -2.27. The molecule has 0 aliphatic heterocycles. The Balaban J connectivity index is 2.15. The van der Waals surface area contributed by atoms with Gasteiger partial charge in [0.2, 0.25) is 0 Å². The number of rotatable bonds is 3. The van der Waals surface area contributed by atoms with Crippen LogP contribution in [0.25, 0.3) is 0 Å². The second-order valence-corrected chi connectivity index (χ2v) is 6.47. The molecule has 1 N–H and O–H groups in total. The van der Waals surface area contributed by atoms with Gasteiger partial charge < -0.3 is 5.32 Å². The molecule has 0 bridgehead atoms. The predicted molar refractivity (Wildman–Crippen MR) is 89.1 cm³/mol. The zero-order valence-corrected chi connectivity index (χ0v) is 14.4. The van der Waals surface area contributed by atoms with Crippen LogP contribution >= 0.6 is 38.5 Å². The first kappa shape index (κ1) is 15.4. The van der Waals surface area contributed by atoms with Crippen molar-refractivity contribution in [2.24, 2.45) is 0 Å². The van der Waals surface area contributed by atoms with E-state index in [1.165, 1.54) is 12.1 Å². The van der Waals surface area contributed by atoms with E-state index in [-0.39, 0.29) is 17.8 Å². The summed E-state index contributed by atoms with van der Waals surface area (Å²) in [5, 5.41) is 2.91. The molecule has 2 rings (SSSR count). The Hall–Kier alpha value is -0.950. The predicted octanol–water partition coefficient (Wildman–Crippen LogP) is 4.68. The summed E-state index contributed by atoms with van der Waals surface area (Å²) in [6.45, 7) is 1.87. The van der Waals surface area contributed by atoms with E-state index in [9.17, 15) is 9.18 Å². The van der Waals surface area contributed by atoms with Gasteiger partial charge in [0.05, 0.1) is 11.6 Å². The zero-order valence-electron chi connectivity index (χ0n) is 10.7. The fourth-order valence-electron chi connectivity index (χ4n) is 1.78. The summed E-state index contributed by atoms with van der Waals surface area (Å²) in [4.78, 5) is 12.2. The maximum atomic E-state index is 12.9. The van der Waals surface area contributed by atoms with Crippen LogP contribution < -0.4 is 5.32 Å². The Morgan fingerprint density at radius 3 is 2.55 bits per heavy atom. The number of carbonyl (C=O) groups excluding carboxylic acids is 1. The molecule has 0 spiro atoms. The van der Waals surface area contributed by atoms with E-state index in [0.717, 1.165) is 13.6 Å². The van der Waals surface area contributed by atoms with E-state index in [1.807, 2.05) is 25.1 Å². The van der Waals surface area contributed by atoms with E-state index in [4.69, 9.17) is 0 Å². The third-order valence-electron chi connectivity index (χ3n) is 2.89. The van der Waals surface area contributed by atoms with Gasteiger partial charge in [0.15, 0.2) is 0 Å². The van der Waals surface area contributed by atoms with Crippen LogP contribution in [0.5, 0.6) is 0 Å². The summed E-state index contributed by atoms with van der Waals surface area (Å²) in [5.41, 5.74) is 1.45. The van der Waals surface area contributed by atoms with Crippen LogP contribution in [0, 0.1) is 9.39 Å². The molecule has 2 nitrogen and oxygen atoms in total. The van der Waals surface area contributed by atoms with Crippen molar-refractivity contribution in [3.05, 3.63) is 67.5 Å². The molecule has 0 saturated heterocycles. The fraction of sp³-hybridized carbons (Fsp3) is 0.133. The summed E-state index contributed by atoms with van der Waals surface area (Å²) in [6.07, 6.45) is 0.